The molecule has 0 spiro atoms. The molecule has 0 aromatic heterocycles. The van der Waals surface area contributed by atoms with E-state index in [0.717, 1.165) is 12.8 Å². The van der Waals surface area contributed by atoms with Gasteiger partial charge in [0.25, 0.3) is 0 Å². The van der Waals surface area contributed by atoms with E-state index in [1.54, 1.807) is 0 Å². The second kappa shape index (κ2) is 8.72. The Labute approximate surface area is 134 Å². The van der Waals surface area contributed by atoms with E-state index in [1.807, 2.05) is 6.07 Å². The summed E-state index contributed by atoms with van der Waals surface area (Å²) in [6.07, 6.45) is 1.75. The number of hydrogen-bond donors (Lipinski definition) is 2. The first kappa shape index (κ1) is 16.7. The van der Waals surface area contributed by atoms with Gasteiger partial charge in [-0.15, -0.1) is 0 Å². The van der Waals surface area contributed by atoms with Crippen molar-refractivity contribution in [2.45, 2.75) is 38.8 Å². The van der Waals surface area contributed by atoms with E-state index in [-0.39, 0.29) is 12.6 Å². The third kappa shape index (κ3) is 4.69. The van der Waals surface area contributed by atoms with Gasteiger partial charge in [0.1, 0.15) is 0 Å². The highest BCUT2D eigenvalue weighted by Crippen LogP contribution is 2.28. The van der Waals surface area contributed by atoms with Crippen molar-refractivity contribution in [1.29, 1.82) is 0 Å². The van der Waals surface area contributed by atoms with Crippen molar-refractivity contribution in [1.82, 2.24) is 5.32 Å². The van der Waals surface area contributed by atoms with Crippen LogP contribution < -0.4 is 5.32 Å². The average molecular weight is 297 g/mol. The monoisotopic (exact) mass is 297 g/mol. The quantitative estimate of drug-likeness (QED) is 0.752. The summed E-state index contributed by atoms with van der Waals surface area (Å²) >= 11 is 0. The minimum Gasteiger partial charge on any atom is -0.396 e. The van der Waals surface area contributed by atoms with Crippen LogP contribution in [0.2, 0.25) is 0 Å². The molecular weight excluding hydrogens is 270 g/mol. The van der Waals surface area contributed by atoms with Gasteiger partial charge in [0.2, 0.25) is 0 Å². The van der Waals surface area contributed by atoms with Gasteiger partial charge in [-0.2, -0.15) is 0 Å². The Bertz CT molecular complexity index is 524. The van der Waals surface area contributed by atoms with Crippen molar-refractivity contribution < 1.29 is 5.11 Å². The number of aliphatic hydroxyl groups excluding tert-OH is 1. The first-order valence-electron chi connectivity index (χ1n) is 8.19. The summed E-state index contributed by atoms with van der Waals surface area (Å²) < 4.78 is 0. The minimum absolute atomic E-state index is 0.239. The lowest BCUT2D eigenvalue weighted by Gasteiger charge is -2.29. The molecule has 0 bridgehead atoms. The van der Waals surface area contributed by atoms with Crippen molar-refractivity contribution in [3.8, 4) is 0 Å². The molecule has 0 saturated heterocycles. The second-order valence-electron chi connectivity index (χ2n) is 6.13. The summed E-state index contributed by atoms with van der Waals surface area (Å²) in [6.45, 7) is 4.74. The van der Waals surface area contributed by atoms with Crippen LogP contribution >= 0.6 is 0 Å². The van der Waals surface area contributed by atoms with E-state index >= 15 is 0 Å². The fourth-order valence-electron chi connectivity index (χ4n) is 2.88. The van der Waals surface area contributed by atoms with E-state index in [4.69, 9.17) is 0 Å². The lowest BCUT2D eigenvalue weighted by Crippen LogP contribution is -2.30. The van der Waals surface area contributed by atoms with Crippen LogP contribution in [0.3, 0.4) is 0 Å². The summed E-state index contributed by atoms with van der Waals surface area (Å²) in [5.41, 5.74) is 2.61. The highest BCUT2D eigenvalue weighted by atomic mass is 16.2. The van der Waals surface area contributed by atoms with Crippen LogP contribution in [-0.4, -0.2) is 11.7 Å². The highest BCUT2D eigenvalue weighted by molar-refractivity contribution is 5.23. The van der Waals surface area contributed by atoms with E-state index in [0.29, 0.717) is 12.0 Å². The average Bonchev–Trinajstić information content (AvgIpc) is 2.56. The zero-order valence-electron chi connectivity index (χ0n) is 13.6. The van der Waals surface area contributed by atoms with Crippen LogP contribution in [0, 0.1) is 5.92 Å². The summed E-state index contributed by atoms with van der Waals surface area (Å²) in [5.74, 6) is 0.503. The van der Waals surface area contributed by atoms with Crippen molar-refractivity contribution in [3.63, 3.8) is 0 Å². The number of rotatable bonds is 8. The van der Waals surface area contributed by atoms with Crippen LogP contribution in [0.5, 0.6) is 0 Å². The van der Waals surface area contributed by atoms with Gasteiger partial charge in [0.05, 0.1) is 0 Å². The van der Waals surface area contributed by atoms with Crippen molar-refractivity contribution in [3.05, 3.63) is 71.8 Å². The van der Waals surface area contributed by atoms with Gasteiger partial charge in [-0.1, -0.05) is 74.5 Å². The first-order valence-corrected chi connectivity index (χ1v) is 8.19. The van der Waals surface area contributed by atoms with Crippen LogP contribution in [0.15, 0.2) is 60.7 Å². The molecule has 2 atom stereocenters. The normalized spacial score (nSPS) is 14.0. The van der Waals surface area contributed by atoms with E-state index in [1.165, 1.54) is 11.1 Å². The summed E-state index contributed by atoms with van der Waals surface area (Å²) in [7, 11) is 0. The van der Waals surface area contributed by atoms with Gasteiger partial charge in [0.15, 0.2) is 0 Å². The van der Waals surface area contributed by atoms with Crippen molar-refractivity contribution >= 4 is 0 Å². The molecule has 22 heavy (non-hydrogen) atoms. The van der Waals surface area contributed by atoms with E-state index in [2.05, 4.69) is 73.8 Å². The number of benzene rings is 2. The first-order chi connectivity index (χ1) is 10.7. The maximum Gasteiger partial charge on any atom is 0.0431 e. The third-order valence-electron chi connectivity index (χ3n) is 4.06. The molecule has 0 aliphatic carbocycles. The molecule has 0 fully saturated rings. The molecule has 0 amide bonds. The Hall–Kier alpha value is -1.64. The van der Waals surface area contributed by atoms with Gasteiger partial charge < -0.3 is 10.4 Å². The maximum atomic E-state index is 9.19. The SMILES string of the molecule is CC(C)C(NC(CCCO)c1ccccc1)c1ccccc1. The largest absolute Gasteiger partial charge is 0.396 e. The van der Waals surface area contributed by atoms with Crippen molar-refractivity contribution in [2.75, 3.05) is 6.61 Å². The van der Waals surface area contributed by atoms with Gasteiger partial charge >= 0.3 is 0 Å². The highest BCUT2D eigenvalue weighted by Gasteiger charge is 2.20. The van der Waals surface area contributed by atoms with Crippen molar-refractivity contribution in [2.24, 2.45) is 5.92 Å². The molecular formula is C20H27NO. The molecule has 2 aromatic carbocycles. The van der Waals surface area contributed by atoms with Crippen LogP contribution in [0.1, 0.15) is 49.9 Å². The van der Waals surface area contributed by atoms with Crippen LogP contribution in [0.25, 0.3) is 0 Å². The van der Waals surface area contributed by atoms with Gasteiger partial charge in [0, 0.05) is 18.7 Å². The van der Waals surface area contributed by atoms with Gasteiger partial charge in [-0.3, -0.25) is 0 Å². The molecule has 118 valence electrons. The fraction of sp³-hybridized carbons (Fsp3) is 0.400. The Kier molecular flexibility index (Phi) is 6.63. The molecule has 2 nitrogen and oxygen atoms in total. The van der Waals surface area contributed by atoms with Gasteiger partial charge in [-0.25, -0.2) is 0 Å². The molecule has 2 aromatic rings. The van der Waals surface area contributed by atoms with E-state index < -0.39 is 0 Å². The zero-order chi connectivity index (χ0) is 15.8. The topological polar surface area (TPSA) is 32.3 Å². The van der Waals surface area contributed by atoms with E-state index in [9.17, 15) is 5.11 Å². The number of aliphatic hydroxyl groups is 1. The Morgan fingerprint density at radius 2 is 1.41 bits per heavy atom. The molecule has 2 heteroatoms. The lowest BCUT2D eigenvalue weighted by molar-refractivity contribution is 0.266. The summed E-state index contributed by atoms with van der Waals surface area (Å²) in [6, 6.07) is 21.7. The molecule has 0 heterocycles. The Morgan fingerprint density at radius 3 is 1.91 bits per heavy atom. The third-order valence-corrected chi connectivity index (χ3v) is 4.06. The lowest BCUT2D eigenvalue weighted by atomic mass is 9.93. The zero-order valence-corrected chi connectivity index (χ0v) is 13.6. The van der Waals surface area contributed by atoms with Gasteiger partial charge in [-0.05, 0) is 29.9 Å². The molecule has 2 unspecified atom stereocenters. The predicted octanol–water partition coefficient (Wildman–Crippen LogP) is 4.49. The summed E-state index contributed by atoms with van der Waals surface area (Å²) in [5, 5.41) is 13.0. The fourth-order valence-corrected chi connectivity index (χ4v) is 2.88. The second-order valence-corrected chi connectivity index (χ2v) is 6.13. The molecule has 0 aliphatic rings. The maximum absolute atomic E-state index is 9.19. The molecule has 0 saturated carbocycles. The molecule has 0 aliphatic heterocycles. The smallest absolute Gasteiger partial charge is 0.0431 e. The number of hydrogen-bond acceptors (Lipinski definition) is 2. The molecule has 2 rings (SSSR count). The minimum atomic E-state index is 0.239. The van der Waals surface area contributed by atoms with Crippen LogP contribution in [-0.2, 0) is 0 Å². The molecule has 2 N–H and O–H groups in total. The predicted molar refractivity (Wildman–Crippen MR) is 92.7 cm³/mol. The standard InChI is InChI=1S/C20H27NO/c1-16(2)20(18-12-7-4-8-13-18)21-19(14-9-15-22)17-10-5-3-6-11-17/h3-8,10-13,16,19-22H,9,14-15H2,1-2H3. The number of nitrogens with one attached hydrogen (secondary N) is 1. The summed E-state index contributed by atoms with van der Waals surface area (Å²) in [4.78, 5) is 0. The van der Waals surface area contributed by atoms with Crippen LogP contribution in [0.4, 0.5) is 0 Å². The molecule has 0 radical (unpaired) electrons. The Balaban J connectivity index is 2.19. The Morgan fingerprint density at radius 1 is 0.864 bits per heavy atom.